The van der Waals surface area contributed by atoms with Gasteiger partial charge in [0.2, 0.25) is 5.91 Å². The summed E-state index contributed by atoms with van der Waals surface area (Å²) < 4.78 is 1.73. The minimum atomic E-state index is 0.00613. The summed E-state index contributed by atoms with van der Waals surface area (Å²) in [6, 6.07) is 0.00613. The van der Waals surface area contributed by atoms with E-state index in [-0.39, 0.29) is 17.5 Å². The molecule has 1 aliphatic rings. The Morgan fingerprint density at radius 2 is 2.12 bits per heavy atom. The first-order valence-corrected chi connectivity index (χ1v) is 11.0. The van der Waals surface area contributed by atoms with Crippen LogP contribution in [0.4, 0.5) is 0 Å². The van der Waals surface area contributed by atoms with Gasteiger partial charge >= 0.3 is 0 Å². The lowest BCUT2D eigenvalue weighted by molar-refractivity contribution is -0.130. The molecule has 0 unspecified atom stereocenters. The van der Waals surface area contributed by atoms with E-state index >= 15 is 0 Å². The largest absolute Gasteiger partial charge is 0.342 e. The van der Waals surface area contributed by atoms with E-state index in [9.17, 15) is 9.59 Å². The molecule has 0 saturated carbocycles. The van der Waals surface area contributed by atoms with E-state index in [0.717, 1.165) is 40.2 Å². The molecule has 0 aromatic carbocycles. The fraction of sp³-hybridized carbons (Fsp3) is 0.632. The zero-order chi connectivity index (χ0) is 19.0. The van der Waals surface area contributed by atoms with Crippen molar-refractivity contribution in [1.29, 1.82) is 0 Å². The number of hydrogen-bond donors (Lipinski definition) is 0. The van der Waals surface area contributed by atoms with Crippen molar-refractivity contribution in [2.45, 2.75) is 58.7 Å². The van der Waals surface area contributed by atoms with Crippen molar-refractivity contribution < 1.29 is 4.79 Å². The lowest BCUT2D eigenvalue weighted by atomic mass is 10.0. The standard InChI is InChI=1S/C19H27N3O2S2/c1-11(2)22-18(24)16-13(4)14(5)26-17(16)20-19(22)25-10-15(23)21-8-6-7-12(3)9-21/h11-12H,6-10H2,1-5H3/t12-/m0/s1. The fourth-order valence-electron chi connectivity index (χ4n) is 3.48. The molecule has 3 rings (SSSR count). The van der Waals surface area contributed by atoms with E-state index < -0.39 is 0 Å². The van der Waals surface area contributed by atoms with Crippen molar-refractivity contribution in [1.82, 2.24) is 14.5 Å². The van der Waals surface area contributed by atoms with Crippen LogP contribution in [0.5, 0.6) is 0 Å². The van der Waals surface area contributed by atoms with Crippen molar-refractivity contribution in [3.8, 4) is 0 Å². The number of fused-ring (bicyclic) bond motifs is 1. The Morgan fingerprint density at radius 3 is 2.77 bits per heavy atom. The highest BCUT2D eigenvalue weighted by Crippen LogP contribution is 2.29. The summed E-state index contributed by atoms with van der Waals surface area (Å²) in [5, 5.41) is 1.37. The highest BCUT2D eigenvalue weighted by molar-refractivity contribution is 7.99. The van der Waals surface area contributed by atoms with Crippen LogP contribution >= 0.6 is 23.1 Å². The molecule has 0 aliphatic carbocycles. The quantitative estimate of drug-likeness (QED) is 0.582. The molecule has 1 amide bonds. The van der Waals surface area contributed by atoms with Gasteiger partial charge in [0.1, 0.15) is 4.83 Å². The topological polar surface area (TPSA) is 55.2 Å². The molecule has 1 atom stereocenters. The zero-order valence-corrected chi connectivity index (χ0v) is 17.8. The number of aryl methyl sites for hydroxylation is 2. The number of aromatic nitrogens is 2. The van der Waals surface area contributed by atoms with Gasteiger partial charge in [-0.25, -0.2) is 4.98 Å². The maximum absolute atomic E-state index is 13.0. The zero-order valence-electron chi connectivity index (χ0n) is 16.2. The maximum Gasteiger partial charge on any atom is 0.263 e. The molecule has 1 fully saturated rings. The summed E-state index contributed by atoms with van der Waals surface area (Å²) >= 11 is 2.95. The second kappa shape index (κ2) is 7.72. The third kappa shape index (κ3) is 3.69. The average molecular weight is 394 g/mol. The minimum Gasteiger partial charge on any atom is -0.342 e. The van der Waals surface area contributed by atoms with Gasteiger partial charge in [-0.15, -0.1) is 11.3 Å². The molecule has 7 heteroatoms. The molecule has 142 valence electrons. The lowest BCUT2D eigenvalue weighted by Gasteiger charge is -2.30. The van der Waals surface area contributed by atoms with Gasteiger partial charge < -0.3 is 4.90 Å². The molecular formula is C19H27N3O2S2. The number of likely N-dealkylation sites (tertiary alicyclic amines) is 1. The first kappa shape index (κ1) is 19.4. The monoisotopic (exact) mass is 393 g/mol. The van der Waals surface area contributed by atoms with Crippen molar-refractivity contribution in [2.24, 2.45) is 5.92 Å². The van der Waals surface area contributed by atoms with E-state index in [0.29, 0.717) is 16.8 Å². The van der Waals surface area contributed by atoms with Crippen LogP contribution < -0.4 is 5.56 Å². The summed E-state index contributed by atoms with van der Waals surface area (Å²) in [5.41, 5.74) is 1.03. The van der Waals surface area contributed by atoms with Crippen LogP contribution in [0.3, 0.4) is 0 Å². The van der Waals surface area contributed by atoms with Gasteiger partial charge in [0.15, 0.2) is 5.16 Å². The summed E-state index contributed by atoms with van der Waals surface area (Å²) in [7, 11) is 0. The molecule has 2 aromatic rings. The van der Waals surface area contributed by atoms with Gasteiger partial charge in [-0.05, 0) is 52.0 Å². The number of amides is 1. The van der Waals surface area contributed by atoms with E-state index in [4.69, 9.17) is 4.98 Å². The summed E-state index contributed by atoms with van der Waals surface area (Å²) in [6.07, 6.45) is 2.27. The SMILES string of the molecule is Cc1sc2nc(SCC(=O)N3CCC[C@H](C)C3)n(C(C)C)c(=O)c2c1C. The van der Waals surface area contributed by atoms with Crippen molar-refractivity contribution in [2.75, 3.05) is 18.8 Å². The van der Waals surface area contributed by atoms with Crippen LogP contribution in [-0.2, 0) is 4.79 Å². The minimum absolute atomic E-state index is 0.00613. The highest BCUT2D eigenvalue weighted by atomic mass is 32.2. The molecule has 1 aliphatic heterocycles. The normalized spacial score (nSPS) is 18.1. The maximum atomic E-state index is 13.0. The molecule has 0 spiro atoms. The van der Waals surface area contributed by atoms with E-state index in [1.165, 1.54) is 18.2 Å². The van der Waals surface area contributed by atoms with E-state index in [1.54, 1.807) is 15.9 Å². The van der Waals surface area contributed by atoms with Gasteiger partial charge in [0.05, 0.1) is 11.1 Å². The number of piperidine rings is 1. The molecule has 5 nitrogen and oxygen atoms in total. The molecular weight excluding hydrogens is 366 g/mol. The van der Waals surface area contributed by atoms with E-state index in [2.05, 4.69) is 6.92 Å². The molecule has 3 heterocycles. The van der Waals surface area contributed by atoms with Crippen molar-refractivity contribution in [3.63, 3.8) is 0 Å². The van der Waals surface area contributed by atoms with E-state index in [1.807, 2.05) is 32.6 Å². The first-order chi connectivity index (χ1) is 12.3. The van der Waals surface area contributed by atoms with Gasteiger partial charge in [-0.1, -0.05) is 18.7 Å². The second-order valence-electron chi connectivity index (χ2n) is 7.50. The molecule has 0 radical (unpaired) electrons. The Morgan fingerprint density at radius 1 is 1.38 bits per heavy atom. The van der Waals surface area contributed by atoms with Crippen LogP contribution in [-0.4, -0.2) is 39.2 Å². The van der Waals surface area contributed by atoms with Gasteiger partial charge in [-0.2, -0.15) is 0 Å². The Labute approximate surface area is 162 Å². The smallest absolute Gasteiger partial charge is 0.263 e. The third-order valence-corrected chi connectivity index (χ3v) is 7.09. The third-order valence-electron chi connectivity index (χ3n) is 5.05. The van der Waals surface area contributed by atoms with Crippen LogP contribution in [0.15, 0.2) is 9.95 Å². The summed E-state index contributed by atoms with van der Waals surface area (Å²) in [6.45, 7) is 11.9. The predicted molar refractivity (Wildman–Crippen MR) is 109 cm³/mol. The number of nitrogens with zero attached hydrogens (tertiary/aromatic N) is 3. The van der Waals surface area contributed by atoms with Crippen molar-refractivity contribution in [3.05, 3.63) is 20.8 Å². The number of thioether (sulfide) groups is 1. The molecule has 1 saturated heterocycles. The van der Waals surface area contributed by atoms with Crippen LogP contribution in [0.1, 0.15) is 50.1 Å². The Bertz CT molecular complexity index is 885. The predicted octanol–water partition coefficient (Wildman–Crippen LogP) is 4.01. The van der Waals surface area contributed by atoms with Crippen LogP contribution in [0.25, 0.3) is 10.2 Å². The molecule has 0 N–H and O–H groups in total. The first-order valence-electron chi connectivity index (χ1n) is 9.22. The fourth-order valence-corrected chi connectivity index (χ4v) is 5.58. The summed E-state index contributed by atoms with van der Waals surface area (Å²) in [4.78, 5) is 34.2. The lowest BCUT2D eigenvalue weighted by Crippen LogP contribution is -2.40. The average Bonchev–Trinajstić information content (AvgIpc) is 2.86. The Hall–Kier alpha value is -1.34. The number of hydrogen-bond acceptors (Lipinski definition) is 5. The number of carbonyl (C=O) groups excluding carboxylic acids is 1. The van der Waals surface area contributed by atoms with Crippen molar-refractivity contribution >= 4 is 39.2 Å². The highest BCUT2D eigenvalue weighted by Gasteiger charge is 2.23. The van der Waals surface area contributed by atoms with Crippen LogP contribution in [0.2, 0.25) is 0 Å². The second-order valence-corrected chi connectivity index (χ2v) is 9.65. The molecule has 0 bridgehead atoms. The molecule has 2 aromatic heterocycles. The number of thiophene rings is 1. The van der Waals surface area contributed by atoms with Gasteiger partial charge in [0.25, 0.3) is 5.56 Å². The van der Waals surface area contributed by atoms with Gasteiger partial charge in [0, 0.05) is 24.0 Å². The Balaban J connectivity index is 1.88. The Kier molecular flexibility index (Phi) is 5.77. The number of carbonyl (C=O) groups is 1. The molecule has 26 heavy (non-hydrogen) atoms. The van der Waals surface area contributed by atoms with Crippen LogP contribution in [0, 0.1) is 19.8 Å². The summed E-state index contributed by atoms with van der Waals surface area (Å²) in [5.74, 6) is 1.05. The number of rotatable bonds is 4. The van der Waals surface area contributed by atoms with Gasteiger partial charge in [-0.3, -0.25) is 14.2 Å².